The SMILES string of the molecule is CCCCCCCCCCCC/C=C/C=C/C=C/c1ooc1O. The summed E-state index contributed by atoms with van der Waals surface area (Å²) >= 11 is 0. The third-order valence-electron chi connectivity index (χ3n) is 3.86. The summed E-state index contributed by atoms with van der Waals surface area (Å²) in [5, 5.41) is 8.98. The third kappa shape index (κ3) is 10.7. The molecule has 1 aromatic heterocycles. The maximum atomic E-state index is 8.98. The molecule has 1 N–H and O–H groups in total. The smallest absolute Gasteiger partial charge is 0.376 e. The molecule has 1 heterocycles. The van der Waals surface area contributed by atoms with Crippen molar-refractivity contribution in [3.05, 3.63) is 36.1 Å². The van der Waals surface area contributed by atoms with Gasteiger partial charge in [0, 0.05) is 0 Å². The molecule has 0 unspecified atom stereocenters. The van der Waals surface area contributed by atoms with E-state index in [1.165, 1.54) is 64.2 Å². The van der Waals surface area contributed by atoms with Gasteiger partial charge in [-0.3, -0.25) is 4.58 Å². The van der Waals surface area contributed by atoms with Gasteiger partial charge < -0.3 is 5.11 Å². The van der Waals surface area contributed by atoms with E-state index in [0.29, 0.717) is 5.76 Å². The lowest BCUT2D eigenvalue weighted by atomic mass is 10.1. The van der Waals surface area contributed by atoms with Crippen LogP contribution < -0.4 is 0 Å². The van der Waals surface area contributed by atoms with Gasteiger partial charge in [0.15, 0.2) is 0 Å². The number of allylic oxidation sites excluding steroid dienone is 5. The molecule has 0 saturated heterocycles. The first-order valence-electron chi connectivity index (χ1n) is 9.12. The third-order valence-corrected chi connectivity index (χ3v) is 3.86. The van der Waals surface area contributed by atoms with E-state index in [-0.39, 0.29) is 5.95 Å². The van der Waals surface area contributed by atoms with Crippen molar-refractivity contribution in [1.82, 2.24) is 0 Å². The summed E-state index contributed by atoms with van der Waals surface area (Å²) in [5.74, 6) is 0.204. The van der Waals surface area contributed by atoms with Crippen LogP contribution in [0.3, 0.4) is 0 Å². The standard InChI is InChI=1S/C20H32O3/c1-2-3-4-5-6-7-8-9-10-11-12-13-14-15-16-17-18-19-20(21)23-22-19/h13-18,21H,2-12H2,1H3/b14-13+,16-15+,18-17+. The Kier molecular flexibility index (Phi) is 11.8. The maximum Gasteiger partial charge on any atom is 0.376 e. The molecule has 0 aliphatic rings. The van der Waals surface area contributed by atoms with E-state index in [1.807, 2.05) is 12.2 Å². The Hall–Kier alpha value is -1.64. The summed E-state index contributed by atoms with van der Waals surface area (Å²) in [4.78, 5) is 0. The number of hydrogen-bond donors (Lipinski definition) is 1. The highest BCUT2D eigenvalue weighted by atomic mass is 17.0. The Bertz CT molecular complexity index is 449. The normalized spacial score (nSPS) is 12.4. The molecule has 0 aliphatic heterocycles. The highest BCUT2D eigenvalue weighted by Crippen LogP contribution is 2.22. The first-order chi connectivity index (χ1) is 11.3. The largest absolute Gasteiger partial charge is 0.475 e. The summed E-state index contributed by atoms with van der Waals surface area (Å²) in [5.41, 5.74) is 0. The topological polar surface area (TPSA) is 46.5 Å². The molecular weight excluding hydrogens is 288 g/mol. The van der Waals surface area contributed by atoms with E-state index in [1.54, 1.807) is 12.2 Å². The molecule has 0 spiro atoms. The Labute approximate surface area is 140 Å². The number of rotatable bonds is 14. The van der Waals surface area contributed by atoms with Crippen molar-refractivity contribution in [1.29, 1.82) is 0 Å². The fraction of sp³-hybridized carbons (Fsp3) is 0.600. The summed E-state index contributed by atoms with van der Waals surface area (Å²) < 4.78 is 8.83. The molecule has 23 heavy (non-hydrogen) atoms. The summed E-state index contributed by atoms with van der Waals surface area (Å²) in [6, 6.07) is 0. The molecule has 3 heteroatoms. The molecule has 0 radical (unpaired) electrons. The van der Waals surface area contributed by atoms with Crippen LogP contribution in [0.25, 0.3) is 6.08 Å². The van der Waals surface area contributed by atoms with Gasteiger partial charge in [-0.15, -0.1) is 0 Å². The van der Waals surface area contributed by atoms with Gasteiger partial charge in [0.25, 0.3) is 5.76 Å². The molecule has 0 bridgehead atoms. The maximum absolute atomic E-state index is 8.98. The average Bonchev–Trinajstić information content (AvgIpc) is 2.56. The second-order valence-corrected chi connectivity index (χ2v) is 5.98. The van der Waals surface area contributed by atoms with Gasteiger partial charge in [-0.25, -0.2) is 4.58 Å². The van der Waals surface area contributed by atoms with Crippen molar-refractivity contribution in [2.45, 2.75) is 77.6 Å². The van der Waals surface area contributed by atoms with Gasteiger partial charge in [0.05, 0.1) is 0 Å². The predicted octanol–water partition coefficient (Wildman–Crippen LogP) is 7.01. The molecule has 0 aliphatic carbocycles. The van der Waals surface area contributed by atoms with Gasteiger partial charge in [-0.05, 0) is 18.9 Å². The highest BCUT2D eigenvalue weighted by Gasteiger charge is 2.07. The monoisotopic (exact) mass is 320 g/mol. The lowest BCUT2D eigenvalue weighted by Crippen LogP contribution is -1.81. The second-order valence-electron chi connectivity index (χ2n) is 5.98. The first-order valence-corrected chi connectivity index (χ1v) is 9.12. The van der Waals surface area contributed by atoms with Gasteiger partial charge in [0.1, 0.15) is 0 Å². The average molecular weight is 320 g/mol. The Morgan fingerprint density at radius 2 is 1.35 bits per heavy atom. The van der Waals surface area contributed by atoms with E-state index in [0.717, 1.165) is 6.42 Å². The quantitative estimate of drug-likeness (QED) is 0.228. The minimum absolute atomic E-state index is 0.161. The number of hydrogen-bond acceptors (Lipinski definition) is 3. The van der Waals surface area contributed by atoms with Crippen LogP contribution in [0.2, 0.25) is 0 Å². The lowest BCUT2D eigenvalue weighted by molar-refractivity contribution is -0.0408. The van der Waals surface area contributed by atoms with Crippen molar-refractivity contribution in [2.75, 3.05) is 0 Å². The Morgan fingerprint density at radius 3 is 1.91 bits per heavy atom. The predicted molar refractivity (Wildman–Crippen MR) is 96.4 cm³/mol. The van der Waals surface area contributed by atoms with Crippen LogP contribution >= 0.6 is 0 Å². The van der Waals surface area contributed by atoms with E-state index in [2.05, 4.69) is 28.2 Å². The van der Waals surface area contributed by atoms with Crippen LogP contribution in [0.4, 0.5) is 0 Å². The van der Waals surface area contributed by atoms with Crippen molar-refractivity contribution in [3.63, 3.8) is 0 Å². The summed E-state index contributed by atoms with van der Waals surface area (Å²) in [6.07, 6.45) is 26.6. The first kappa shape index (κ1) is 19.4. The summed E-state index contributed by atoms with van der Waals surface area (Å²) in [7, 11) is 0. The molecule has 3 nitrogen and oxygen atoms in total. The lowest BCUT2D eigenvalue weighted by Gasteiger charge is -2.01. The minimum Gasteiger partial charge on any atom is -0.475 e. The van der Waals surface area contributed by atoms with E-state index >= 15 is 0 Å². The zero-order valence-electron chi connectivity index (χ0n) is 14.5. The van der Waals surface area contributed by atoms with Crippen molar-refractivity contribution < 1.29 is 14.3 Å². The van der Waals surface area contributed by atoms with Crippen molar-refractivity contribution >= 4 is 6.08 Å². The van der Waals surface area contributed by atoms with Crippen LogP contribution in [0.5, 0.6) is 5.95 Å². The molecule has 130 valence electrons. The molecule has 1 rings (SSSR count). The number of aromatic hydroxyl groups is 1. The van der Waals surface area contributed by atoms with Gasteiger partial charge in [-0.1, -0.05) is 95.1 Å². The summed E-state index contributed by atoms with van der Waals surface area (Å²) in [6.45, 7) is 2.27. The van der Waals surface area contributed by atoms with E-state index in [9.17, 15) is 0 Å². The molecule has 0 amide bonds. The van der Waals surface area contributed by atoms with Gasteiger partial charge >= 0.3 is 5.95 Å². The fourth-order valence-electron chi connectivity index (χ4n) is 2.42. The van der Waals surface area contributed by atoms with Crippen LogP contribution in [0, 0.1) is 0 Å². The van der Waals surface area contributed by atoms with Crippen LogP contribution in [-0.2, 0) is 0 Å². The zero-order chi connectivity index (χ0) is 16.6. The molecule has 0 fully saturated rings. The van der Waals surface area contributed by atoms with Crippen molar-refractivity contribution in [3.8, 4) is 5.95 Å². The van der Waals surface area contributed by atoms with E-state index < -0.39 is 0 Å². The molecule has 0 aromatic carbocycles. The molecule has 0 atom stereocenters. The van der Waals surface area contributed by atoms with Crippen LogP contribution in [0.15, 0.2) is 39.5 Å². The molecule has 1 aromatic rings. The number of unbranched alkanes of at least 4 members (excludes halogenated alkanes) is 10. The van der Waals surface area contributed by atoms with Crippen molar-refractivity contribution in [2.24, 2.45) is 0 Å². The van der Waals surface area contributed by atoms with Crippen LogP contribution in [0.1, 0.15) is 83.3 Å². The van der Waals surface area contributed by atoms with E-state index in [4.69, 9.17) is 5.11 Å². The fourth-order valence-corrected chi connectivity index (χ4v) is 2.42. The minimum atomic E-state index is -0.161. The van der Waals surface area contributed by atoms with Gasteiger partial charge in [-0.2, -0.15) is 0 Å². The second kappa shape index (κ2) is 14.0. The van der Waals surface area contributed by atoms with Gasteiger partial charge in [0.2, 0.25) is 0 Å². The molecule has 0 saturated carbocycles. The van der Waals surface area contributed by atoms with Crippen LogP contribution in [-0.4, -0.2) is 5.11 Å². The Balaban J connectivity index is 1.84. The Morgan fingerprint density at radius 1 is 0.739 bits per heavy atom. The zero-order valence-corrected chi connectivity index (χ0v) is 14.5. The molecular formula is C20H32O3. The highest BCUT2D eigenvalue weighted by molar-refractivity contribution is 5.48.